The topological polar surface area (TPSA) is 57.4 Å². The number of ether oxygens (including phenoxy) is 2. The number of methoxy groups -OCH3 is 1. The lowest BCUT2D eigenvalue weighted by molar-refractivity contribution is 0.295. The summed E-state index contributed by atoms with van der Waals surface area (Å²) in [5, 5.41) is 0.626. The molecule has 1 aromatic heterocycles. The third-order valence-electron chi connectivity index (χ3n) is 3.15. The van der Waals surface area contributed by atoms with Gasteiger partial charge in [-0.1, -0.05) is 11.6 Å². The van der Waals surface area contributed by atoms with Crippen molar-refractivity contribution >= 4 is 22.9 Å². The fraction of sp³-hybridized carbons (Fsp3) is 0.400. The van der Waals surface area contributed by atoms with E-state index in [0.717, 1.165) is 23.4 Å². The van der Waals surface area contributed by atoms with E-state index in [1.807, 2.05) is 18.5 Å². The molecule has 2 aromatic rings. The normalized spacial score (nSPS) is 10.7. The van der Waals surface area contributed by atoms with Crippen LogP contribution in [0.2, 0.25) is 5.02 Å². The van der Waals surface area contributed by atoms with Crippen LogP contribution in [0.4, 0.5) is 0 Å². The van der Waals surface area contributed by atoms with E-state index in [1.54, 1.807) is 24.5 Å². The van der Waals surface area contributed by atoms with Crippen LogP contribution in [0.1, 0.15) is 16.1 Å². The van der Waals surface area contributed by atoms with E-state index in [1.165, 1.54) is 4.88 Å². The molecular formula is C15H19ClN2O2S. The summed E-state index contributed by atoms with van der Waals surface area (Å²) in [4.78, 5) is 5.48. The fourth-order valence-electron chi connectivity index (χ4n) is 2.09. The predicted molar refractivity (Wildman–Crippen MR) is 86.8 cm³/mol. The highest BCUT2D eigenvalue weighted by Crippen LogP contribution is 2.35. The highest BCUT2D eigenvalue weighted by Gasteiger charge is 2.13. The van der Waals surface area contributed by atoms with Crippen LogP contribution in [-0.4, -0.2) is 25.2 Å². The van der Waals surface area contributed by atoms with Crippen molar-refractivity contribution in [3.05, 3.63) is 38.8 Å². The lowest BCUT2D eigenvalue weighted by atomic mass is 10.1. The molecule has 0 aliphatic rings. The van der Waals surface area contributed by atoms with Gasteiger partial charge in [0.25, 0.3) is 0 Å². The zero-order valence-electron chi connectivity index (χ0n) is 12.2. The smallest absolute Gasteiger partial charge is 0.164 e. The van der Waals surface area contributed by atoms with Gasteiger partial charge >= 0.3 is 0 Å². The summed E-state index contributed by atoms with van der Waals surface area (Å²) in [6.45, 7) is 3.11. The van der Waals surface area contributed by atoms with Gasteiger partial charge in [0.05, 0.1) is 24.9 Å². The van der Waals surface area contributed by atoms with Crippen molar-refractivity contribution in [2.75, 3.05) is 20.3 Å². The van der Waals surface area contributed by atoms with Crippen molar-refractivity contribution in [3.8, 4) is 11.5 Å². The first kappa shape index (κ1) is 16.1. The molecule has 4 nitrogen and oxygen atoms in total. The van der Waals surface area contributed by atoms with Gasteiger partial charge in [0.15, 0.2) is 11.5 Å². The maximum absolute atomic E-state index is 6.09. The average molecular weight is 327 g/mol. The average Bonchev–Trinajstić information content (AvgIpc) is 2.86. The van der Waals surface area contributed by atoms with Gasteiger partial charge < -0.3 is 15.2 Å². The number of hydrogen-bond donors (Lipinski definition) is 1. The Morgan fingerprint density at radius 2 is 2.14 bits per heavy atom. The number of thiazole rings is 1. The Balaban J connectivity index is 2.12. The van der Waals surface area contributed by atoms with Gasteiger partial charge in [0.2, 0.25) is 0 Å². The molecule has 0 fully saturated rings. The van der Waals surface area contributed by atoms with Crippen LogP contribution < -0.4 is 15.2 Å². The van der Waals surface area contributed by atoms with Crippen LogP contribution in [0.15, 0.2) is 17.6 Å². The molecule has 0 radical (unpaired) electrons. The Labute approximate surface area is 133 Å². The van der Waals surface area contributed by atoms with Crippen LogP contribution in [0, 0.1) is 6.92 Å². The molecule has 21 heavy (non-hydrogen) atoms. The second-order valence-electron chi connectivity index (χ2n) is 4.59. The summed E-state index contributed by atoms with van der Waals surface area (Å²) < 4.78 is 11.3. The first-order chi connectivity index (χ1) is 10.2. The summed E-state index contributed by atoms with van der Waals surface area (Å²) in [5.74, 6) is 1.38. The summed E-state index contributed by atoms with van der Waals surface area (Å²) in [6.07, 6.45) is 1.52. The maximum Gasteiger partial charge on any atom is 0.164 e. The standard InChI is InChI=1S/C15H19ClN2O2S/c1-10-14(21-9-18-10)4-6-20-15-11(3-5-17)7-12(16)8-13(15)19-2/h7-9H,3-6,17H2,1-2H3. The largest absolute Gasteiger partial charge is 0.493 e. The molecule has 0 amide bonds. The zero-order valence-corrected chi connectivity index (χ0v) is 13.8. The minimum absolute atomic E-state index is 0.536. The number of hydrogen-bond acceptors (Lipinski definition) is 5. The van der Waals surface area contributed by atoms with Gasteiger partial charge in [0.1, 0.15) is 0 Å². The van der Waals surface area contributed by atoms with Crippen molar-refractivity contribution in [1.82, 2.24) is 4.98 Å². The van der Waals surface area contributed by atoms with E-state index in [2.05, 4.69) is 4.98 Å². The molecular weight excluding hydrogens is 308 g/mol. The van der Waals surface area contributed by atoms with E-state index in [-0.39, 0.29) is 0 Å². The van der Waals surface area contributed by atoms with E-state index in [4.69, 9.17) is 26.8 Å². The van der Waals surface area contributed by atoms with Gasteiger partial charge in [-0.15, -0.1) is 11.3 Å². The number of nitrogens with two attached hydrogens (primary N) is 1. The number of benzene rings is 1. The summed E-state index contributed by atoms with van der Waals surface area (Å²) >= 11 is 7.74. The molecule has 1 heterocycles. The van der Waals surface area contributed by atoms with E-state index in [0.29, 0.717) is 30.3 Å². The highest BCUT2D eigenvalue weighted by atomic mass is 35.5. The maximum atomic E-state index is 6.09. The molecule has 0 bridgehead atoms. The Bertz CT molecular complexity index is 601. The Kier molecular flexibility index (Phi) is 5.85. The van der Waals surface area contributed by atoms with E-state index >= 15 is 0 Å². The first-order valence-electron chi connectivity index (χ1n) is 6.74. The van der Waals surface area contributed by atoms with Gasteiger partial charge in [-0.05, 0) is 26.0 Å². The first-order valence-corrected chi connectivity index (χ1v) is 7.99. The minimum atomic E-state index is 0.536. The molecule has 2 rings (SSSR count). The van der Waals surface area contributed by atoms with Crippen LogP contribution in [-0.2, 0) is 12.8 Å². The Morgan fingerprint density at radius 1 is 1.33 bits per heavy atom. The van der Waals surface area contributed by atoms with Crippen molar-refractivity contribution in [2.45, 2.75) is 19.8 Å². The molecule has 0 saturated heterocycles. The zero-order chi connectivity index (χ0) is 15.2. The second kappa shape index (κ2) is 7.64. The molecule has 0 saturated carbocycles. The lowest BCUT2D eigenvalue weighted by Crippen LogP contribution is -2.08. The van der Waals surface area contributed by atoms with E-state index in [9.17, 15) is 0 Å². The quantitative estimate of drug-likeness (QED) is 0.848. The van der Waals surface area contributed by atoms with Gasteiger partial charge in [-0.25, -0.2) is 4.98 Å². The second-order valence-corrected chi connectivity index (χ2v) is 5.97. The lowest BCUT2D eigenvalue weighted by Gasteiger charge is -2.15. The number of aromatic nitrogens is 1. The van der Waals surface area contributed by atoms with Crippen molar-refractivity contribution in [1.29, 1.82) is 0 Å². The Hall–Kier alpha value is -1.30. The number of aryl methyl sites for hydroxylation is 1. The molecule has 0 aliphatic carbocycles. The molecule has 0 aliphatic heterocycles. The fourth-order valence-corrected chi connectivity index (χ4v) is 3.08. The van der Waals surface area contributed by atoms with Crippen LogP contribution in [0.3, 0.4) is 0 Å². The van der Waals surface area contributed by atoms with Crippen LogP contribution >= 0.6 is 22.9 Å². The third kappa shape index (κ3) is 4.09. The molecule has 0 spiro atoms. The van der Waals surface area contributed by atoms with Crippen molar-refractivity contribution in [3.63, 3.8) is 0 Å². The SMILES string of the molecule is COc1cc(Cl)cc(CCN)c1OCCc1scnc1C. The summed E-state index contributed by atoms with van der Waals surface area (Å²) in [5.41, 5.74) is 9.54. The van der Waals surface area contributed by atoms with Gasteiger partial charge in [-0.2, -0.15) is 0 Å². The molecule has 114 valence electrons. The Morgan fingerprint density at radius 3 is 2.76 bits per heavy atom. The minimum Gasteiger partial charge on any atom is -0.493 e. The number of halogens is 1. The summed E-state index contributed by atoms with van der Waals surface area (Å²) in [6, 6.07) is 3.64. The highest BCUT2D eigenvalue weighted by molar-refractivity contribution is 7.09. The monoisotopic (exact) mass is 326 g/mol. The molecule has 0 unspecified atom stereocenters. The molecule has 1 aromatic carbocycles. The molecule has 0 atom stereocenters. The number of nitrogens with zero attached hydrogens (tertiary/aromatic N) is 1. The molecule has 2 N–H and O–H groups in total. The van der Waals surface area contributed by atoms with Crippen LogP contribution in [0.5, 0.6) is 11.5 Å². The van der Waals surface area contributed by atoms with Crippen LogP contribution in [0.25, 0.3) is 0 Å². The van der Waals surface area contributed by atoms with Gasteiger partial charge in [-0.3, -0.25) is 0 Å². The van der Waals surface area contributed by atoms with Crippen molar-refractivity contribution < 1.29 is 9.47 Å². The van der Waals surface area contributed by atoms with Crippen molar-refractivity contribution in [2.24, 2.45) is 5.73 Å². The third-order valence-corrected chi connectivity index (χ3v) is 4.36. The van der Waals surface area contributed by atoms with E-state index < -0.39 is 0 Å². The molecule has 6 heteroatoms. The predicted octanol–water partition coefficient (Wildman–Crippen LogP) is 3.24. The summed E-state index contributed by atoms with van der Waals surface area (Å²) in [7, 11) is 1.61. The number of rotatable bonds is 7. The van der Waals surface area contributed by atoms with Gasteiger partial charge in [0, 0.05) is 28.0 Å².